The molecule has 7 nitrogen and oxygen atoms in total. The molecule has 4 N–H and O–H groups in total. The zero-order valence-electron chi connectivity index (χ0n) is 16.2. The van der Waals surface area contributed by atoms with Crippen LogP contribution in [0.5, 0.6) is 0 Å². The number of hydrogen-bond donors (Lipinski definition) is 3. The highest BCUT2D eigenvalue weighted by atomic mass is 127. The van der Waals surface area contributed by atoms with E-state index in [1.54, 1.807) is 12.1 Å². The van der Waals surface area contributed by atoms with Crippen molar-refractivity contribution in [2.24, 2.45) is 16.1 Å². The molecule has 1 aromatic carbocycles. The second-order valence-electron chi connectivity index (χ2n) is 7.35. The van der Waals surface area contributed by atoms with Gasteiger partial charge in [-0.3, -0.25) is 9.59 Å². The van der Waals surface area contributed by atoms with E-state index in [4.69, 9.17) is 10.7 Å². The molecule has 0 atom stereocenters. The van der Waals surface area contributed by atoms with Crippen molar-refractivity contribution in [1.82, 2.24) is 15.5 Å². The number of nitrogens with zero attached hydrogens (tertiary/aromatic N) is 2. The van der Waals surface area contributed by atoms with Crippen LogP contribution in [-0.2, 0) is 11.3 Å². The summed E-state index contributed by atoms with van der Waals surface area (Å²) in [5.74, 6) is 0.0539. The Balaban J connectivity index is 0.00000364. The molecule has 1 aromatic rings. The number of rotatable bonds is 6. The number of nitrogens with one attached hydrogen (secondary N) is 2. The van der Waals surface area contributed by atoms with Crippen LogP contribution in [0.1, 0.15) is 43.1 Å². The molecular formula is C19H30IN5O2. The van der Waals surface area contributed by atoms with Crippen LogP contribution in [-0.4, -0.2) is 48.9 Å². The largest absolute Gasteiger partial charge is 0.368 e. The molecule has 0 aromatic heterocycles. The van der Waals surface area contributed by atoms with Crippen LogP contribution < -0.4 is 16.4 Å². The molecule has 0 saturated carbocycles. The Morgan fingerprint density at radius 1 is 1.22 bits per heavy atom. The van der Waals surface area contributed by atoms with Gasteiger partial charge in [-0.2, -0.15) is 0 Å². The maximum atomic E-state index is 11.9. The first-order valence-electron chi connectivity index (χ1n) is 8.99. The van der Waals surface area contributed by atoms with Gasteiger partial charge in [-0.1, -0.05) is 26.0 Å². The molecule has 1 saturated heterocycles. The van der Waals surface area contributed by atoms with E-state index in [0.717, 1.165) is 37.6 Å². The Morgan fingerprint density at radius 2 is 1.89 bits per heavy atom. The standard InChI is InChI=1S/C19H29N5O2.HI/c1-4-21-18(24-10-9-19(2,3)13-24)23-11-14-5-7-15(8-6-14)17(26)22-12-16(20)25;/h5-8H,4,9-13H2,1-3H3,(H2,20,25)(H,21,23)(H,22,26);1H. The van der Waals surface area contributed by atoms with Crippen LogP contribution in [0.3, 0.4) is 0 Å². The van der Waals surface area contributed by atoms with Crippen molar-refractivity contribution in [2.75, 3.05) is 26.2 Å². The van der Waals surface area contributed by atoms with Crippen molar-refractivity contribution < 1.29 is 9.59 Å². The molecule has 0 unspecified atom stereocenters. The quantitative estimate of drug-likeness (QED) is 0.323. The summed E-state index contributed by atoms with van der Waals surface area (Å²) in [5.41, 5.74) is 6.85. The van der Waals surface area contributed by atoms with E-state index in [1.165, 1.54) is 0 Å². The number of carbonyl (C=O) groups excluding carboxylic acids is 2. The summed E-state index contributed by atoms with van der Waals surface area (Å²) in [6, 6.07) is 7.21. The average molecular weight is 487 g/mol. The van der Waals surface area contributed by atoms with Gasteiger partial charge in [0.05, 0.1) is 13.1 Å². The third-order valence-corrected chi connectivity index (χ3v) is 4.36. The second-order valence-corrected chi connectivity index (χ2v) is 7.35. The lowest BCUT2D eigenvalue weighted by molar-refractivity contribution is -0.117. The van der Waals surface area contributed by atoms with E-state index in [1.807, 2.05) is 12.1 Å². The van der Waals surface area contributed by atoms with Gasteiger partial charge < -0.3 is 21.3 Å². The van der Waals surface area contributed by atoms with Crippen molar-refractivity contribution in [3.63, 3.8) is 0 Å². The Bertz CT molecular complexity index is 673. The number of carbonyl (C=O) groups is 2. The van der Waals surface area contributed by atoms with Crippen molar-refractivity contribution in [1.29, 1.82) is 0 Å². The second kappa shape index (κ2) is 10.5. The lowest BCUT2D eigenvalue weighted by atomic mass is 9.93. The summed E-state index contributed by atoms with van der Waals surface area (Å²) in [6.07, 6.45) is 1.16. The van der Waals surface area contributed by atoms with Crippen molar-refractivity contribution in [3.8, 4) is 0 Å². The first-order valence-corrected chi connectivity index (χ1v) is 8.99. The third-order valence-electron chi connectivity index (χ3n) is 4.36. The highest BCUT2D eigenvalue weighted by molar-refractivity contribution is 14.0. The van der Waals surface area contributed by atoms with Gasteiger partial charge in [-0.25, -0.2) is 4.99 Å². The fourth-order valence-corrected chi connectivity index (χ4v) is 2.92. The van der Waals surface area contributed by atoms with E-state index in [-0.39, 0.29) is 36.4 Å². The lowest BCUT2D eigenvalue weighted by Crippen LogP contribution is -2.40. The number of aliphatic imine (C=N–C) groups is 1. The number of nitrogens with two attached hydrogens (primary N) is 1. The molecule has 0 spiro atoms. The number of likely N-dealkylation sites (tertiary alicyclic amines) is 1. The minimum absolute atomic E-state index is 0. The highest BCUT2D eigenvalue weighted by Crippen LogP contribution is 2.28. The molecule has 1 fully saturated rings. The van der Waals surface area contributed by atoms with Crippen LogP contribution in [0.2, 0.25) is 0 Å². The van der Waals surface area contributed by atoms with E-state index in [9.17, 15) is 9.59 Å². The fraction of sp³-hybridized carbons (Fsp3) is 0.526. The number of hydrogen-bond acceptors (Lipinski definition) is 3. The Labute approximate surface area is 178 Å². The lowest BCUT2D eigenvalue weighted by Gasteiger charge is -2.23. The summed E-state index contributed by atoms with van der Waals surface area (Å²) in [7, 11) is 0. The summed E-state index contributed by atoms with van der Waals surface area (Å²) in [6.45, 7) is 9.84. The predicted molar refractivity (Wildman–Crippen MR) is 118 cm³/mol. The van der Waals surface area contributed by atoms with Gasteiger partial charge in [0.15, 0.2) is 5.96 Å². The van der Waals surface area contributed by atoms with Crippen LogP contribution in [0.4, 0.5) is 0 Å². The van der Waals surface area contributed by atoms with Gasteiger partial charge >= 0.3 is 0 Å². The topological polar surface area (TPSA) is 99.8 Å². The van der Waals surface area contributed by atoms with E-state index in [2.05, 4.69) is 36.3 Å². The zero-order valence-corrected chi connectivity index (χ0v) is 18.6. The fourth-order valence-electron chi connectivity index (χ4n) is 2.92. The number of primary amides is 1. The SMILES string of the molecule is CCNC(=NCc1ccc(C(=O)NCC(N)=O)cc1)N1CCC(C)(C)C1.I. The van der Waals surface area contributed by atoms with Crippen molar-refractivity contribution >= 4 is 41.8 Å². The number of benzene rings is 1. The molecular weight excluding hydrogens is 457 g/mol. The Morgan fingerprint density at radius 3 is 2.41 bits per heavy atom. The molecule has 1 aliphatic heterocycles. The molecule has 1 aliphatic rings. The van der Waals surface area contributed by atoms with Crippen molar-refractivity contribution in [3.05, 3.63) is 35.4 Å². The molecule has 2 rings (SSSR count). The third kappa shape index (κ3) is 7.36. The average Bonchev–Trinajstić information content (AvgIpc) is 2.96. The first kappa shape index (κ1) is 23.2. The summed E-state index contributed by atoms with van der Waals surface area (Å²) < 4.78 is 0. The molecule has 0 aliphatic carbocycles. The molecule has 150 valence electrons. The van der Waals surface area contributed by atoms with E-state index in [0.29, 0.717) is 17.5 Å². The summed E-state index contributed by atoms with van der Waals surface area (Å²) >= 11 is 0. The Hall–Kier alpha value is -1.84. The van der Waals surface area contributed by atoms with E-state index >= 15 is 0 Å². The summed E-state index contributed by atoms with van der Waals surface area (Å²) in [4.78, 5) is 29.6. The smallest absolute Gasteiger partial charge is 0.251 e. The normalized spacial score (nSPS) is 15.8. The van der Waals surface area contributed by atoms with Crippen LogP contribution in [0.25, 0.3) is 0 Å². The minimum Gasteiger partial charge on any atom is -0.368 e. The molecule has 0 bridgehead atoms. The minimum atomic E-state index is -0.564. The van der Waals surface area contributed by atoms with Crippen LogP contribution >= 0.6 is 24.0 Å². The van der Waals surface area contributed by atoms with Gasteiger partial charge in [0.25, 0.3) is 5.91 Å². The maximum absolute atomic E-state index is 11.9. The molecule has 1 heterocycles. The zero-order chi connectivity index (χ0) is 19.2. The van der Waals surface area contributed by atoms with Gasteiger partial charge in [0.1, 0.15) is 0 Å². The Kier molecular flexibility index (Phi) is 9.01. The van der Waals surface area contributed by atoms with E-state index < -0.39 is 5.91 Å². The predicted octanol–water partition coefficient (Wildman–Crippen LogP) is 1.72. The molecule has 2 amide bonds. The number of halogens is 1. The maximum Gasteiger partial charge on any atom is 0.251 e. The van der Waals surface area contributed by atoms with Crippen molar-refractivity contribution in [2.45, 2.75) is 33.7 Å². The number of amides is 2. The first-order chi connectivity index (χ1) is 12.3. The summed E-state index contributed by atoms with van der Waals surface area (Å²) in [5, 5.41) is 5.83. The number of guanidine groups is 1. The van der Waals surface area contributed by atoms with Gasteiger partial charge in [0, 0.05) is 25.2 Å². The molecule has 27 heavy (non-hydrogen) atoms. The molecule has 8 heteroatoms. The van der Waals surface area contributed by atoms with Crippen LogP contribution in [0, 0.1) is 5.41 Å². The monoisotopic (exact) mass is 487 g/mol. The van der Waals surface area contributed by atoms with Gasteiger partial charge in [0.2, 0.25) is 5.91 Å². The highest BCUT2D eigenvalue weighted by Gasteiger charge is 2.30. The van der Waals surface area contributed by atoms with Gasteiger partial charge in [-0.05, 0) is 36.5 Å². The van der Waals surface area contributed by atoms with Gasteiger partial charge in [-0.15, -0.1) is 24.0 Å². The molecule has 0 radical (unpaired) electrons. The van der Waals surface area contributed by atoms with Crippen LogP contribution in [0.15, 0.2) is 29.3 Å².